The first-order valence-electron chi connectivity index (χ1n) is 29.5. The number of benzene rings is 8. The largest absolute Gasteiger partial charge is 0.404 e. The van der Waals surface area contributed by atoms with Gasteiger partial charge in [-0.3, -0.25) is 0 Å². The topological polar surface area (TPSA) is 65.3 Å². The van der Waals surface area contributed by atoms with E-state index in [1.807, 2.05) is 0 Å². The first-order valence-corrected chi connectivity index (χ1v) is 29.5. The van der Waals surface area contributed by atoms with Crippen LogP contribution in [0.5, 0.6) is 0 Å². The molecule has 0 amide bonds. The minimum Gasteiger partial charge on any atom is -0.192 e. The summed E-state index contributed by atoms with van der Waals surface area (Å²) in [5.41, 5.74) is 38.0. The van der Waals surface area contributed by atoms with Gasteiger partial charge in [0, 0.05) is 0 Å². The van der Waals surface area contributed by atoms with Crippen molar-refractivity contribution in [3.63, 3.8) is 0 Å². The van der Waals surface area contributed by atoms with Crippen LogP contribution in [0, 0.1) is 166 Å². The van der Waals surface area contributed by atoms with E-state index in [-0.39, 0.29) is 0 Å². The van der Waals surface area contributed by atoms with Crippen LogP contribution < -0.4 is 11.0 Å². The summed E-state index contributed by atoms with van der Waals surface area (Å²) >= 11 is 0. The lowest BCUT2D eigenvalue weighted by Gasteiger charge is -2.40. The molecule has 6 aliphatic heterocycles. The van der Waals surface area contributed by atoms with E-state index < -0.39 is 5.91 Å². The van der Waals surface area contributed by atoms with Crippen LogP contribution in [-0.2, 0) is 5.91 Å². The van der Waals surface area contributed by atoms with E-state index in [0.29, 0.717) is 0 Å². The third-order valence-electron chi connectivity index (χ3n) is 23.3. The van der Waals surface area contributed by atoms with Crippen molar-refractivity contribution in [2.24, 2.45) is 20.0 Å². The molecule has 8 nitrogen and oxygen atoms in total. The van der Waals surface area contributed by atoms with Gasteiger partial charge in [-0.25, -0.2) is 0 Å². The molecule has 402 valence electrons. The summed E-state index contributed by atoms with van der Waals surface area (Å²) in [6.45, 7) is 56.1. The van der Waals surface area contributed by atoms with Gasteiger partial charge in [-0.05, 0) is 343 Å². The molecule has 0 fully saturated rings. The molecule has 8 heterocycles. The maximum atomic E-state index is 6.26. The predicted molar refractivity (Wildman–Crippen MR) is 337 cm³/mol. The van der Waals surface area contributed by atoms with Gasteiger partial charge in [0.2, 0.25) is 22.6 Å². The van der Waals surface area contributed by atoms with Crippen molar-refractivity contribution >= 4 is 99.6 Å². The van der Waals surface area contributed by atoms with Crippen LogP contribution in [-0.4, -0.2) is 41.6 Å². The number of amidine groups is 4. The Balaban J connectivity index is 1.25. The van der Waals surface area contributed by atoms with Crippen LogP contribution in [0.2, 0.25) is 0 Å². The van der Waals surface area contributed by atoms with E-state index in [4.69, 9.17) is 20.0 Å². The highest BCUT2D eigenvalue weighted by Gasteiger charge is 2.70. The molecule has 8 heteroatoms. The van der Waals surface area contributed by atoms with Gasteiger partial charge in [-0.1, -0.05) is 20.0 Å². The molecule has 0 saturated heterocycles. The quantitative estimate of drug-likeness (QED) is 0.136. The van der Waals surface area contributed by atoms with E-state index in [0.717, 1.165) is 46.0 Å². The number of aryl methyl sites for hydroxylation is 16. The van der Waals surface area contributed by atoms with Crippen molar-refractivity contribution in [3.05, 3.63) is 167 Å². The van der Waals surface area contributed by atoms with Crippen LogP contribution in [0.1, 0.15) is 156 Å². The van der Waals surface area contributed by atoms with Crippen molar-refractivity contribution in [3.8, 4) is 0 Å². The molecule has 81 heavy (non-hydrogen) atoms. The summed E-state index contributed by atoms with van der Waals surface area (Å²) in [6.07, 6.45) is 0. The Bertz CT molecular complexity index is 5070. The molecule has 2 aromatic heterocycles. The Morgan fingerprint density at radius 3 is 0.728 bits per heavy atom. The van der Waals surface area contributed by atoms with Crippen LogP contribution in [0.15, 0.2) is 20.0 Å². The highest BCUT2D eigenvalue weighted by Crippen LogP contribution is 2.58. The van der Waals surface area contributed by atoms with Crippen LogP contribution in [0.3, 0.4) is 0 Å². The number of hydrogen-bond donors (Lipinski definition) is 0. The SMILES string of the molecule is Cc1c(C)c(C)c2c(C)c3c(c(C)c2c1C)C1=Nc2c4c(C)c5c(C)c(C)c(C)c(C)c5c(C)c4c4n2C25n6c(c7c(C)c8c(C)c(C)c(C)c(C)c8c(C)c7c6=NC6=[N+]2C(=N4)c2c6c(C)c4c(C)c(C)c(C)c(C)c4c2C)=NC3=[N+]15. The van der Waals surface area contributed by atoms with Gasteiger partial charge in [0.15, 0.2) is 0 Å². The van der Waals surface area contributed by atoms with Gasteiger partial charge < -0.3 is 0 Å². The zero-order chi connectivity index (χ0) is 57.4. The Labute approximate surface area is 474 Å². The summed E-state index contributed by atoms with van der Waals surface area (Å²) in [5.74, 6) is 4.42. The van der Waals surface area contributed by atoms with E-state index in [1.165, 1.54) is 220 Å². The zero-order valence-corrected chi connectivity index (χ0v) is 52.1. The van der Waals surface area contributed by atoms with Crippen molar-refractivity contribution in [2.75, 3.05) is 0 Å². The maximum Gasteiger partial charge on any atom is 0.404 e. The first kappa shape index (κ1) is 49.0. The molecule has 16 rings (SSSR count). The molecule has 6 aliphatic rings. The summed E-state index contributed by atoms with van der Waals surface area (Å²) in [5, 5.41) is 15.3. The maximum absolute atomic E-state index is 6.26. The lowest BCUT2D eigenvalue weighted by Crippen LogP contribution is -2.71. The molecular weight excluding hydrogens is 989 g/mol. The third-order valence-corrected chi connectivity index (χ3v) is 23.3. The molecule has 0 aliphatic carbocycles. The van der Waals surface area contributed by atoms with Gasteiger partial charge in [0.1, 0.15) is 0 Å². The molecule has 1 spiro atoms. The Hall–Kier alpha value is -7.84. The highest BCUT2D eigenvalue weighted by atomic mass is 15.7. The Morgan fingerprint density at radius 2 is 0.457 bits per heavy atom. The summed E-state index contributed by atoms with van der Waals surface area (Å²) in [4.78, 5) is 25.1. The number of aromatic nitrogens is 2. The van der Waals surface area contributed by atoms with Crippen LogP contribution in [0.25, 0.3) is 64.6 Å². The fourth-order valence-electron chi connectivity index (χ4n) is 18.0. The number of nitrogens with zero attached hydrogens (tertiary/aromatic N) is 8. The second kappa shape index (κ2) is 14.6. The van der Waals surface area contributed by atoms with Crippen molar-refractivity contribution in [1.29, 1.82) is 0 Å². The van der Waals surface area contributed by atoms with Crippen molar-refractivity contribution in [2.45, 2.75) is 172 Å². The van der Waals surface area contributed by atoms with Gasteiger partial charge in [-0.15, -0.1) is 9.15 Å². The van der Waals surface area contributed by atoms with Crippen LogP contribution in [0.4, 0.5) is 11.6 Å². The molecule has 0 unspecified atom stereocenters. The molecular formula is C73H72N8+2. The number of aliphatic imine (C=N–C) groups is 2. The van der Waals surface area contributed by atoms with Crippen molar-refractivity contribution < 1.29 is 9.15 Å². The Morgan fingerprint density at radius 1 is 0.222 bits per heavy atom. The standard InChI is InChI=1S/C73H72N8/c1-25-26(2)34(10)50-42(18)58-57(41(17)49(50)33(25)9)65-74-67-59-43(19)51-35(11)27(3)28(4)36(12)52(51)44(20)60(59)69-76-71-63-47(23)55-39(15)31(7)32(8)40(16)56(55)48(24)64(63)72-77-70-62-46(22)54-38(14)30(6)29(5)37(13)53(54)45(21)61(62)68-75-66(58)78(65)73(79(67)69,80(68)70)81(71)72/h1-24H3/q+2. The molecule has 0 atom stereocenters. The van der Waals surface area contributed by atoms with Gasteiger partial charge in [-0.2, -0.15) is 9.13 Å². The predicted octanol–water partition coefficient (Wildman–Crippen LogP) is 15.7. The van der Waals surface area contributed by atoms with Crippen LogP contribution >= 0.6 is 0 Å². The molecule has 8 aromatic carbocycles. The summed E-state index contributed by atoms with van der Waals surface area (Å²) < 4.78 is 10.3. The average Bonchev–Trinajstić information content (AvgIpc) is 2.72. The van der Waals surface area contributed by atoms with Gasteiger partial charge in [0.05, 0.1) is 43.8 Å². The molecule has 0 radical (unpaired) electrons. The fourth-order valence-corrected chi connectivity index (χ4v) is 18.0. The normalized spacial score (nSPS) is 15.8. The van der Waals surface area contributed by atoms with Crippen molar-refractivity contribution in [1.82, 2.24) is 9.13 Å². The van der Waals surface area contributed by atoms with E-state index >= 15 is 0 Å². The molecule has 0 bridgehead atoms. The number of hydrogen-bond acceptors (Lipinski definition) is 4. The molecule has 0 N–H and O–H groups in total. The van der Waals surface area contributed by atoms with E-state index in [9.17, 15) is 0 Å². The minimum absolute atomic E-state index is 0.936. The lowest BCUT2D eigenvalue weighted by molar-refractivity contribution is -0.790. The second-order valence-electron chi connectivity index (χ2n) is 26.0. The molecule has 10 aromatic rings. The van der Waals surface area contributed by atoms with Gasteiger partial charge >= 0.3 is 5.91 Å². The number of fused-ring (bicyclic) bond motifs is 16. The summed E-state index contributed by atoms with van der Waals surface area (Å²) in [6, 6.07) is 0. The first-order chi connectivity index (χ1) is 38.3. The van der Waals surface area contributed by atoms with Gasteiger partial charge in [0.25, 0.3) is 23.3 Å². The third kappa shape index (κ3) is 4.80. The second-order valence-corrected chi connectivity index (χ2v) is 26.0. The highest BCUT2D eigenvalue weighted by molar-refractivity contribution is 6.27. The smallest absolute Gasteiger partial charge is 0.192 e. The average molecular weight is 1060 g/mol. The monoisotopic (exact) mass is 1060 g/mol. The fraction of sp³-hybridized carbons (Fsp3) is 0.342. The minimum atomic E-state index is -1.20. The van der Waals surface area contributed by atoms with E-state index in [2.05, 4.69) is 184 Å². The molecule has 0 saturated carbocycles. The Kier molecular flexibility index (Phi) is 8.84. The lowest BCUT2D eigenvalue weighted by atomic mass is 9.83. The zero-order valence-electron chi connectivity index (χ0n) is 52.1. The summed E-state index contributed by atoms with van der Waals surface area (Å²) in [7, 11) is 0. The van der Waals surface area contributed by atoms with E-state index in [1.54, 1.807) is 0 Å². The number of rotatable bonds is 0.